The third kappa shape index (κ3) is 12.7. The Hall–Kier alpha value is 1.44. The third-order valence-corrected chi connectivity index (χ3v) is 9.58. The van der Waals surface area contributed by atoms with Crippen LogP contribution in [0.25, 0.3) is 0 Å². The van der Waals surface area contributed by atoms with E-state index in [9.17, 15) is 9.13 Å². The summed E-state index contributed by atoms with van der Waals surface area (Å²) in [5.41, 5.74) is 0. The Morgan fingerprint density at radius 2 is 0.778 bits per heavy atom. The highest BCUT2D eigenvalue weighted by Gasteiger charge is 2.37. The maximum atomic E-state index is 13.4. The molecule has 0 aromatic heterocycles. The Bertz CT molecular complexity index is 742. The van der Waals surface area contributed by atoms with Crippen LogP contribution in [0, 0.1) is 0 Å². The van der Waals surface area contributed by atoms with Gasteiger partial charge in [0.25, 0.3) is 0 Å². The van der Waals surface area contributed by atoms with Crippen LogP contribution in [0.4, 0.5) is 0 Å². The lowest BCUT2D eigenvalue weighted by molar-refractivity contribution is 0.107. The molecule has 0 heterocycles. The Balaban J connectivity index is 3.24. The fourth-order valence-electron chi connectivity index (χ4n) is 2.10. The van der Waals surface area contributed by atoms with E-state index in [1.807, 2.05) is 0 Å². The zero-order valence-corrected chi connectivity index (χ0v) is 26.3. The van der Waals surface area contributed by atoms with Crippen molar-refractivity contribution in [3.05, 3.63) is 24.3 Å². The highest BCUT2D eigenvalue weighted by atomic mass is 35.5. The van der Waals surface area contributed by atoms with Gasteiger partial charge in [0.05, 0.1) is 71.5 Å². The van der Waals surface area contributed by atoms with Crippen LogP contribution in [0.2, 0.25) is 0 Å². The van der Waals surface area contributed by atoms with E-state index in [-0.39, 0.29) is 58.5 Å². The number of hydrogen-bond donors (Lipinski definition) is 0. The van der Waals surface area contributed by atoms with Crippen molar-refractivity contribution in [3.63, 3.8) is 0 Å². The zero-order chi connectivity index (χ0) is 27.2. The van der Waals surface area contributed by atoms with E-state index in [4.69, 9.17) is 120 Å². The minimum absolute atomic E-state index is 0.0642. The summed E-state index contributed by atoms with van der Waals surface area (Å²) >= 11 is 46.4. The van der Waals surface area contributed by atoms with Gasteiger partial charge >= 0.3 is 15.6 Å². The lowest BCUT2D eigenvalue weighted by atomic mass is 10.3. The van der Waals surface area contributed by atoms with E-state index in [2.05, 4.69) is 0 Å². The Labute approximate surface area is 250 Å². The van der Waals surface area contributed by atoms with Crippen LogP contribution in [-0.4, -0.2) is 71.5 Å². The number of alkyl halides is 8. The molecule has 210 valence electrons. The van der Waals surface area contributed by atoms with Crippen LogP contribution >= 0.6 is 108 Å². The average Bonchev–Trinajstić information content (AvgIpc) is 2.87. The maximum absolute atomic E-state index is 13.4. The molecule has 8 nitrogen and oxygen atoms in total. The second-order valence-electron chi connectivity index (χ2n) is 6.70. The van der Waals surface area contributed by atoms with Crippen molar-refractivity contribution < 1.29 is 36.3 Å². The van der Waals surface area contributed by atoms with Crippen molar-refractivity contribution in [1.29, 1.82) is 0 Å². The van der Waals surface area contributed by atoms with Gasteiger partial charge < -0.3 is 9.05 Å². The Kier molecular flexibility index (Phi) is 18.4. The van der Waals surface area contributed by atoms with Gasteiger partial charge in [0.1, 0.15) is 11.5 Å². The number of hydrogen-bond acceptors (Lipinski definition) is 8. The molecule has 1 rings (SSSR count). The average molecular weight is 714 g/mol. The predicted octanol–water partition coefficient (Wildman–Crippen LogP) is 8.11. The molecule has 0 amide bonds. The maximum Gasteiger partial charge on any atom is 0.530 e. The first kappa shape index (κ1) is 35.5. The van der Waals surface area contributed by atoms with Crippen molar-refractivity contribution in [1.82, 2.24) is 0 Å². The van der Waals surface area contributed by atoms with E-state index < -0.39 is 40.1 Å². The summed E-state index contributed by atoms with van der Waals surface area (Å²) in [6.07, 6.45) is -3.51. The molecule has 0 radical (unpaired) electrons. The van der Waals surface area contributed by atoms with Gasteiger partial charge in [-0.15, -0.1) is 92.8 Å². The first-order valence-electron chi connectivity index (χ1n) is 10.0. The molecule has 1 aromatic rings. The van der Waals surface area contributed by atoms with Gasteiger partial charge in [-0.05, 0) is 12.1 Å². The van der Waals surface area contributed by atoms with E-state index in [0.29, 0.717) is 0 Å². The van der Waals surface area contributed by atoms with Crippen molar-refractivity contribution >= 4 is 108 Å². The van der Waals surface area contributed by atoms with Crippen molar-refractivity contribution in [2.75, 3.05) is 47.0 Å². The fraction of sp³-hybridized carbons (Fsp3) is 0.667. The molecule has 0 spiro atoms. The van der Waals surface area contributed by atoms with Crippen LogP contribution in [0.15, 0.2) is 24.3 Å². The summed E-state index contributed by atoms with van der Waals surface area (Å²) in [5.74, 6) is -0.920. The molecule has 18 heteroatoms. The van der Waals surface area contributed by atoms with Gasteiger partial charge in [0.2, 0.25) is 0 Å². The first-order valence-corrected chi connectivity index (χ1v) is 17.2. The summed E-state index contributed by atoms with van der Waals surface area (Å²) in [4.78, 5) is 0. The summed E-state index contributed by atoms with van der Waals surface area (Å²) in [5, 5.41) is 0. The molecule has 0 atom stereocenters. The van der Waals surface area contributed by atoms with Gasteiger partial charge in [0.15, 0.2) is 0 Å². The SMILES string of the molecule is O=P(Oc1cccc(OP(=O)(OC(CCl)CCl)OC(CCl)CCl)c1)(OC(CCl)CCl)OC(CCl)CCl. The fourth-order valence-corrected chi connectivity index (χ4v) is 7.70. The molecule has 36 heavy (non-hydrogen) atoms. The lowest BCUT2D eigenvalue weighted by Crippen LogP contribution is -2.23. The van der Waals surface area contributed by atoms with Gasteiger partial charge in [-0.25, -0.2) is 9.13 Å². The number of phosphoric ester groups is 2. The molecule has 0 saturated carbocycles. The second-order valence-corrected chi connectivity index (χ2v) is 12.2. The van der Waals surface area contributed by atoms with E-state index in [1.165, 1.54) is 24.3 Å². The molecule has 0 aliphatic rings. The summed E-state index contributed by atoms with van der Waals surface area (Å²) < 4.78 is 59.4. The van der Waals surface area contributed by atoms with E-state index in [1.54, 1.807) is 0 Å². The Morgan fingerprint density at radius 1 is 0.528 bits per heavy atom. The molecule has 0 aliphatic heterocycles. The smallest absolute Gasteiger partial charge is 0.404 e. The number of benzene rings is 1. The zero-order valence-electron chi connectivity index (χ0n) is 18.5. The number of phosphoric acid groups is 2. The van der Waals surface area contributed by atoms with Crippen molar-refractivity contribution in [2.24, 2.45) is 0 Å². The highest BCUT2D eigenvalue weighted by molar-refractivity contribution is 7.49. The quantitative estimate of drug-likeness (QED) is 0.0990. The Morgan fingerprint density at radius 3 is 1.00 bits per heavy atom. The molecular weight excluding hydrogens is 690 g/mol. The molecule has 0 N–H and O–H groups in total. The molecule has 1 aromatic carbocycles. The molecule has 0 unspecified atom stereocenters. The largest absolute Gasteiger partial charge is 0.530 e. The monoisotopic (exact) mass is 710 g/mol. The highest BCUT2D eigenvalue weighted by Crippen LogP contribution is 2.55. The summed E-state index contributed by atoms with van der Waals surface area (Å²) in [6.45, 7) is 0. The third-order valence-electron chi connectivity index (χ3n) is 3.73. The van der Waals surface area contributed by atoms with Crippen molar-refractivity contribution in [2.45, 2.75) is 24.4 Å². The van der Waals surface area contributed by atoms with Crippen molar-refractivity contribution in [3.8, 4) is 11.5 Å². The van der Waals surface area contributed by atoms with Gasteiger partial charge in [-0.3, -0.25) is 18.1 Å². The number of halogens is 8. The second kappa shape index (κ2) is 18.7. The lowest BCUT2D eigenvalue weighted by Gasteiger charge is -2.26. The topological polar surface area (TPSA) is 89.5 Å². The molecule has 0 bridgehead atoms. The predicted molar refractivity (Wildman–Crippen MR) is 148 cm³/mol. The van der Waals surface area contributed by atoms with Crippen LogP contribution < -0.4 is 9.05 Å². The standard InChI is InChI=1S/C18H24Cl8O8P2/c19-5-15(6-20)31-35(27,32-16(7-21)8-22)29-13-2-1-3-14(4-13)30-36(28,33-17(9-23)10-24)34-18(11-25)12-26/h1-4,15-18H,5-12H2. The number of rotatable bonds is 20. The van der Waals surface area contributed by atoms with E-state index >= 15 is 0 Å². The first-order chi connectivity index (χ1) is 17.1. The van der Waals surface area contributed by atoms with Crippen LogP contribution in [-0.2, 0) is 27.2 Å². The van der Waals surface area contributed by atoms with Gasteiger partial charge in [-0.1, -0.05) is 6.07 Å². The summed E-state index contributed by atoms with van der Waals surface area (Å²) in [7, 11) is -8.70. The van der Waals surface area contributed by atoms with Crippen LogP contribution in [0.1, 0.15) is 0 Å². The van der Waals surface area contributed by atoms with Gasteiger partial charge in [0, 0.05) is 6.07 Å². The minimum Gasteiger partial charge on any atom is -0.404 e. The molecule has 0 fully saturated rings. The van der Waals surface area contributed by atoms with Crippen LogP contribution in [0.5, 0.6) is 11.5 Å². The molecule has 0 aliphatic carbocycles. The molecule has 0 saturated heterocycles. The molecular formula is C18H24Cl8O8P2. The normalized spacial score (nSPS) is 12.8. The van der Waals surface area contributed by atoms with E-state index in [0.717, 1.165) is 0 Å². The van der Waals surface area contributed by atoms with Crippen LogP contribution in [0.3, 0.4) is 0 Å². The summed E-state index contributed by atoms with van der Waals surface area (Å²) in [6, 6.07) is 5.50. The minimum atomic E-state index is -4.35. The van der Waals surface area contributed by atoms with Gasteiger partial charge in [-0.2, -0.15) is 0 Å².